The molecule has 3 nitrogen and oxygen atoms in total. The average molecular weight is 248 g/mol. The first kappa shape index (κ1) is 13.4. The molecule has 1 aromatic rings. The molecule has 1 saturated heterocycles. The molecular weight excluding hydrogens is 224 g/mol. The van der Waals surface area contributed by atoms with E-state index in [9.17, 15) is 0 Å². The summed E-state index contributed by atoms with van der Waals surface area (Å²) in [4.78, 5) is 4.59. The molecule has 1 aliphatic heterocycles. The number of ether oxygens (including phenoxy) is 1. The second kappa shape index (κ2) is 6.76. The van der Waals surface area contributed by atoms with Crippen molar-refractivity contribution < 1.29 is 4.74 Å². The maximum atomic E-state index is 5.64. The molecular formula is C15H24N2O. The summed E-state index contributed by atoms with van der Waals surface area (Å²) in [5.41, 5.74) is 2.61. The predicted molar refractivity (Wildman–Crippen MR) is 76.1 cm³/mol. The third-order valence-corrected chi connectivity index (χ3v) is 3.36. The number of anilines is 1. The minimum Gasteiger partial charge on any atom is -0.375 e. The number of rotatable bonds is 6. The molecule has 3 heteroatoms. The first-order valence-corrected chi connectivity index (χ1v) is 6.82. The Kier molecular flexibility index (Phi) is 5.02. The van der Waals surface area contributed by atoms with Gasteiger partial charge in [0.25, 0.3) is 0 Å². The van der Waals surface area contributed by atoms with Gasteiger partial charge in [-0.1, -0.05) is 12.1 Å². The summed E-state index contributed by atoms with van der Waals surface area (Å²) in [7, 11) is 4.13. The van der Waals surface area contributed by atoms with E-state index in [1.807, 2.05) is 0 Å². The Morgan fingerprint density at radius 1 is 1.11 bits per heavy atom. The van der Waals surface area contributed by atoms with Gasteiger partial charge in [0, 0.05) is 25.3 Å². The Bertz CT molecular complexity index is 342. The normalized spacial score (nSPS) is 15.6. The molecule has 0 spiro atoms. The van der Waals surface area contributed by atoms with Gasteiger partial charge in [-0.3, -0.25) is 0 Å². The molecule has 0 bridgehead atoms. The maximum Gasteiger partial charge on any atom is 0.0717 e. The lowest BCUT2D eigenvalue weighted by Crippen LogP contribution is -2.18. The van der Waals surface area contributed by atoms with Crippen LogP contribution in [0.2, 0.25) is 0 Å². The summed E-state index contributed by atoms with van der Waals surface area (Å²) in [6.07, 6.45) is 2.66. The van der Waals surface area contributed by atoms with E-state index in [0.29, 0.717) is 6.61 Å². The summed E-state index contributed by atoms with van der Waals surface area (Å²) in [5.74, 6) is 0. The van der Waals surface area contributed by atoms with Gasteiger partial charge in [-0.25, -0.2) is 0 Å². The van der Waals surface area contributed by atoms with Gasteiger partial charge in [0.05, 0.1) is 13.2 Å². The van der Waals surface area contributed by atoms with Crippen LogP contribution < -0.4 is 4.90 Å². The van der Waals surface area contributed by atoms with Gasteiger partial charge in [0.2, 0.25) is 0 Å². The highest BCUT2D eigenvalue weighted by Gasteiger charge is 2.11. The summed E-state index contributed by atoms with van der Waals surface area (Å²) in [6.45, 7) is 4.90. The lowest BCUT2D eigenvalue weighted by Gasteiger charge is -2.17. The number of likely N-dealkylation sites (N-methyl/N-ethyl adjacent to an activating group) is 1. The van der Waals surface area contributed by atoms with Crippen LogP contribution in [0, 0.1) is 0 Å². The maximum absolute atomic E-state index is 5.64. The SMILES string of the molecule is CN(C)CCOCc1ccc(N2CCCC2)cc1. The number of nitrogens with zero attached hydrogens (tertiary/aromatic N) is 2. The van der Waals surface area contributed by atoms with Crippen LogP contribution in [0.25, 0.3) is 0 Å². The molecule has 0 atom stereocenters. The second-order valence-electron chi connectivity index (χ2n) is 5.22. The first-order chi connectivity index (χ1) is 8.75. The molecule has 18 heavy (non-hydrogen) atoms. The fourth-order valence-electron chi connectivity index (χ4n) is 2.22. The van der Waals surface area contributed by atoms with Crippen molar-refractivity contribution in [2.75, 3.05) is 45.2 Å². The largest absolute Gasteiger partial charge is 0.375 e. The topological polar surface area (TPSA) is 15.7 Å². The Balaban J connectivity index is 1.76. The zero-order valence-electron chi connectivity index (χ0n) is 11.6. The second-order valence-corrected chi connectivity index (χ2v) is 5.22. The smallest absolute Gasteiger partial charge is 0.0717 e. The van der Waals surface area contributed by atoms with Crippen molar-refractivity contribution in [1.29, 1.82) is 0 Å². The van der Waals surface area contributed by atoms with Crippen molar-refractivity contribution in [2.45, 2.75) is 19.4 Å². The minimum absolute atomic E-state index is 0.716. The van der Waals surface area contributed by atoms with Crippen molar-refractivity contribution >= 4 is 5.69 Å². The monoisotopic (exact) mass is 248 g/mol. The summed E-state index contributed by atoms with van der Waals surface area (Å²) in [5, 5.41) is 0. The predicted octanol–water partition coefficient (Wildman–Crippen LogP) is 2.37. The molecule has 1 heterocycles. The number of benzene rings is 1. The molecule has 1 aromatic carbocycles. The molecule has 1 aliphatic rings. The molecule has 0 unspecified atom stereocenters. The number of hydrogen-bond acceptors (Lipinski definition) is 3. The zero-order valence-corrected chi connectivity index (χ0v) is 11.6. The van der Waals surface area contributed by atoms with Crippen molar-refractivity contribution in [1.82, 2.24) is 4.90 Å². The Hall–Kier alpha value is -1.06. The van der Waals surface area contributed by atoms with Gasteiger partial charge < -0.3 is 14.5 Å². The highest BCUT2D eigenvalue weighted by molar-refractivity contribution is 5.48. The quantitative estimate of drug-likeness (QED) is 0.719. The Morgan fingerprint density at radius 2 is 1.78 bits per heavy atom. The molecule has 0 radical (unpaired) electrons. The Labute approximate surface area is 110 Å². The Morgan fingerprint density at radius 3 is 2.39 bits per heavy atom. The van der Waals surface area contributed by atoms with Crippen LogP contribution in [0.5, 0.6) is 0 Å². The van der Waals surface area contributed by atoms with Gasteiger partial charge in [0.1, 0.15) is 0 Å². The standard InChI is InChI=1S/C15H24N2O/c1-16(2)11-12-18-13-14-5-7-15(8-6-14)17-9-3-4-10-17/h5-8H,3-4,9-13H2,1-2H3. The van der Waals surface area contributed by atoms with Crippen LogP contribution in [0.15, 0.2) is 24.3 Å². The highest BCUT2D eigenvalue weighted by Crippen LogP contribution is 2.20. The van der Waals surface area contributed by atoms with Crippen molar-refractivity contribution in [3.8, 4) is 0 Å². The molecule has 2 rings (SSSR count). The fourth-order valence-corrected chi connectivity index (χ4v) is 2.22. The van der Waals surface area contributed by atoms with Crippen molar-refractivity contribution in [3.05, 3.63) is 29.8 Å². The third-order valence-electron chi connectivity index (χ3n) is 3.36. The summed E-state index contributed by atoms with van der Waals surface area (Å²) in [6, 6.07) is 8.80. The fraction of sp³-hybridized carbons (Fsp3) is 0.600. The van der Waals surface area contributed by atoms with Gasteiger partial charge in [-0.05, 0) is 44.6 Å². The molecule has 0 amide bonds. The number of hydrogen-bond donors (Lipinski definition) is 0. The van der Waals surface area contributed by atoms with Crippen LogP contribution >= 0.6 is 0 Å². The van der Waals surface area contributed by atoms with E-state index in [-0.39, 0.29) is 0 Å². The molecule has 0 aliphatic carbocycles. The molecule has 100 valence electrons. The summed E-state index contributed by atoms with van der Waals surface area (Å²) >= 11 is 0. The molecule has 0 aromatic heterocycles. The molecule has 1 fully saturated rings. The third kappa shape index (κ3) is 4.00. The van der Waals surface area contributed by atoms with Crippen LogP contribution in [0.1, 0.15) is 18.4 Å². The first-order valence-electron chi connectivity index (χ1n) is 6.82. The summed E-state index contributed by atoms with van der Waals surface area (Å²) < 4.78 is 5.64. The van der Waals surface area contributed by atoms with E-state index in [4.69, 9.17) is 4.74 Å². The lowest BCUT2D eigenvalue weighted by molar-refractivity contribution is 0.105. The highest BCUT2D eigenvalue weighted by atomic mass is 16.5. The van der Waals surface area contributed by atoms with Gasteiger partial charge in [0.15, 0.2) is 0 Å². The van der Waals surface area contributed by atoms with E-state index in [1.165, 1.54) is 37.2 Å². The van der Waals surface area contributed by atoms with Crippen LogP contribution in [-0.2, 0) is 11.3 Å². The van der Waals surface area contributed by atoms with Crippen LogP contribution in [0.4, 0.5) is 5.69 Å². The van der Waals surface area contributed by atoms with Gasteiger partial charge in [-0.2, -0.15) is 0 Å². The van der Waals surface area contributed by atoms with E-state index < -0.39 is 0 Å². The molecule has 0 N–H and O–H groups in total. The zero-order chi connectivity index (χ0) is 12.8. The van der Waals surface area contributed by atoms with E-state index >= 15 is 0 Å². The average Bonchev–Trinajstić information content (AvgIpc) is 2.89. The van der Waals surface area contributed by atoms with Crippen LogP contribution in [-0.4, -0.2) is 45.2 Å². The van der Waals surface area contributed by atoms with Crippen molar-refractivity contribution in [2.24, 2.45) is 0 Å². The van der Waals surface area contributed by atoms with Crippen molar-refractivity contribution in [3.63, 3.8) is 0 Å². The van der Waals surface area contributed by atoms with Crippen LogP contribution in [0.3, 0.4) is 0 Å². The lowest BCUT2D eigenvalue weighted by atomic mass is 10.2. The van der Waals surface area contributed by atoms with Gasteiger partial charge in [-0.15, -0.1) is 0 Å². The van der Waals surface area contributed by atoms with E-state index in [1.54, 1.807) is 0 Å². The van der Waals surface area contributed by atoms with E-state index in [2.05, 4.69) is 48.2 Å². The van der Waals surface area contributed by atoms with Gasteiger partial charge >= 0.3 is 0 Å². The molecule has 0 saturated carbocycles. The van der Waals surface area contributed by atoms with E-state index in [0.717, 1.165) is 13.2 Å². The minimum atomic E-state index is 0.716.